The smallest absolute Gasteiger partial charge is 0.338 e. The van der Waals surface area contributed by atoms with Gasteiger partial charge in [0.25, 0.3) is 0 Å². The number of carboxylic acid groups (broad SMARTS) is 1. The number of hydrogen-bond donors (Lipinski definition) is 1. The molecule has 0 spiro atoms. The third-order valence-corrected chi connectivity index (χ3v) is 6.18. The van der Waals surface area contributed by atoms with Crippen LogP contribution in [0.3, 0.4) is 0 Å². The number of fused-ring (bicyclic) bond motifs is 3. The Balaban J connectivity index is 1.58. The van der Waals surface area contributed by atoms with Crippen molar-refractivity contribution >= 4 is 5.97 Å². The van der Waals surface area contributed by atoms with Crippen LogP contribution in [0.25, 0.3) is 5.69 Å². The van der Waals surface area contributed by atoms with Gasteiger partial charge in [-0.25, -0.2) is 14.2 Å². The highest BCUT2D eigenvalue weighted by Gasteiger charge is 2.33. The molecule has 1 aliphatic heterocycles. The summed E-state index contributed by atoms with van der Waals surface area (Å²) in [6, 6.07) is 8.47. The van der Waals surface area contributed by atoms with Gasteiger partial charge in [-0.1, -0.05) is 6.07 Å². The van der Waals surface area contributed by atoms with Gasteiger partial charge in [0.2, 0.25) is 0 Å². The molecule has 0 saturated heterocycles. The summed E-state index contributed by atoms with van der Waals surface area (Å²) >= 11 is 0. The van der Waals surface area contributed by atoms with E-state index in [1.165, 1.54) is 12.1 Å². The van der Waals surface area contributed by atoms with Gasteiger partial charge >= 0.3 is 5.97 Å². The van der Waals surface area contributed by atoms with Gasteiger partial charge in [-0.05, 0) is 36.6 Å². The number of imidazole rings is 1. The third kappa shape index (κ3) is 3.60. The van der Waals surface area contributed by atoms with Crippen LogP contribution >= 0.6 is 0 Å². The molecular weight excluding hydrogens is 413 g/mol. The number of benzene rings is 2. The highest BCUT2D eigenvalue weighted by Crippen LogP contribution is 2.43. The zero-order chi connectivity index (χ0) is 22.4. The summed E-state index contributed by atoms with van der Waals surface area (Å²) in [6.45, 7) is 1.65. The maximum Gasteiger partial charge on any atom is 0.338 e. The summed E-state index contributed by atoms with van der Waals surface area (Å²) in [5, 5.41) is 9.44. The minimum Gasteiger partial charge on any atom is -0.497 e. The second kappa shape index (κ2) is 7.94. The molecule has 5 rings (SSSR count). The summed E-state index contributed by atoms with van der Waals surface area (Å²) < 4.78 is 27.4. The number of halogens is 1. The number of rotatable bonds is 6. The molecule has 3 aromatic rings. The van der Waals surface area contributed by atoms with E-state index in [2.05, 4.69) is 9.88 Å². The number of methoxy groups -OCH3 is 2. The molecule has 1 fully saturated rings. The monoisotopic (exact) mass is 437 g/mol. The Morgan fingerprint density at radius 1 is 1.19 bits per heavy atom. The quantitative estimate of drug-likeness (QED) is 0.625. The third-order valence-electron chi connectivity index (χ3n) is 6.18. The molecule has 0 bridgehead atoms. The average Bonchev–Trinajstić information content (AvgIpc) is 3.56. The molecule has 1 aromatic heterocycles. The molecule has 0 amide bonds. The van der Waals surface area contributed by atoms with Crippen LogP contribution in [-0.2, 0) is 19.6 Å². The number of nitrogens with zero attached hydrogens (tertiary/aromatic N) is 3. The van der Waals surface area contributed by atoms with Crippen LogP contribution in [0.5, 0.6) is 11.5 Å². The summed E-state index contributed by atoms with van der Waals surface area (Å²) in [7, 11) is 3.24. The van der Waals surface area contributed by atoms with Crippen LogP contribution in [-0.4, -0.2) is 39.7 Å². The average molecular weight is 437 g/mol. The van der Waals surface area contributed by atoms with Crippen molar-refractivity contribution in [2.24, 2.45) is 0 Å². The Morgan fingerprint density at radius 3 is 2.69 bits per heavy atom. The van der Waals surface area contributed by atoms with Crippen molar-refractivity contribution < 1.29 is 23.8 Å². The van der Waals surface area contributed by atoms with E-state index < -0.39 is 11.8 Å². The first-order chi connectivity index (χ1) is 15.5. The van der Waals surface area contributed by atoms with Crippen LogP contribution in [0.4, 0.5) is 4.39 Å². The van der Waals surface area contributed by atoms with Crippen LogP contribution in [0, 0.1) is 5.82 Å². The Bertz CT molecular complexity index is 1200. The van der Waals surface area contributed by atoms with Gasteiger partial charge in [0.05, 0.1) is 43.2 Å². The van der Waals surface area contributed by atoms with Crippen LogP contribution in [0.15, 0.2) is 36.7 Å². The molecule has 1 N–H and O–H groups in total. The SMILES string of the molecule is COc1ccc(CN2Cc3cc(F)c(C(=O)O)cc3-n3cnc(C4CC4)c3C2)c(OC)c1. The molecule has 2 aliphatic rings. The number of aromatic carboxylic acids is 1. The fourth-order valence-corrected chi connectivity index (χ4v) is 4.41. The van der Waals surface area contributed by atoms with Crippen molar-refractivity contribution in [3.63, 3.8) is 0 Å². The molecular formula is C24H24FN3O4. The molecule has 0 atom stereocenters. The van der Waals surface area contributed by atoms with Gasteiger partial charge in [0.15, 0.2) is 0 Å². The van der Waals surface area contributed by atoms with Gasteiger partial charge in [0.1, 0.15) is 17.3 Å². The first-order valence-electron chi connectivity index (χ1n) is 10.5. The van der Waals surface area contributed by atoms with Crippen molar-refractivity contribution in [3.8, 4) is 17.2 Å². The van der Waals surface area contributed by atoms with E-state index in [1.54, 1.807) is 20.5 Å². The van der Waals surface area contributed by atoms with E-state index in [0.29, 0.717) is 37.0 Å². The highest BCUT2D eigenvalue weighted by molar-refractivity contribution is 5.89. The van der Waals surface area contributed by atoms with Gasteiger partial charge < -0.3 is 19.1 Å². The molecule has 0 radical (unpaired) electrons. The van der Waals surface area contributed by atoms with Crippen LogP contribution < -0.4 is 9.47 Å². The molecule has 1 aliphatic carbocycles. The molecule has 8 heteroatoms. The van der Waals surface area contributed by atoms with E-state index in [0.717, 1.165) is 41.1 Å². The summed E-state index contributed by atoms with van der Waals surface area (Å²) in [5.74, 6) is -0.145. The van der Waals surface area contributed by atoms with Crippen molar-refractivity contribution in [1.29, 1.82) is 0 Å². The second-order valence-electron chi connectivity index (χ2n) is 8.31. The minimum atomic E-state index is -1.28. The fourth-order valence-electron chi connectivity index (χ4n) is 4.41. The van der Waals surface area contributed by atoms with Gasteiger partial charge in [-0.3, -0.25) is 4.90 Å². The number of carbonyl (C=O) groups is 1. The Labute approximate surface area is 185 Å². The number of hydrogen-bond acceptors (Lipinski definition) is 5. The van der Waals surface area contributed by atoms with Gasteiger partial charge in [0, 0.05) is 37.2 Å². The summed E-state index contributed by atoms with van der Waals surface area (Å²) in [4.78, 5) is 18.4. The predicted molar refractivity (Wildman–Crippen MR) is 115 cm³/mol. The van der Waals surface area contributed by atoms with Crippen molar-refractivity contribution in [1.82, 2.24) is 14.5 Å². The maximum atomic E-state index is 14.6. The van der Waals surface area contributed by atoms with Gasteiger partial charge in [-0.2, -0.15) is 0 Å². The fraction of sp³-hybridized carbons (Fsp3) is 0.333. The van der Waals surface area contributed by atoms with Crippen molar-refractivity contribution in [2.75, 3.05) is 14.2 Å². The summed E-state index contributed by atoms with van der Waals surface area (Å²) in [5.41, 5.74) is 4.12. The largest absolute Gasteiger partial charge is 0.497 e. The Hall–Kier alpha value is -3.39. The van der Waals surface area contributed by atoms with E-state index in [4.69, 9.17) is 9.47 Å². The zero-order valence-electron chi connectivity index (χ0n) is 18.0. The zero-order valence-corrected chi connectivity index (χ0v) is 18.0. The van der Waals surface area contributed by atoms with Crippen LogP contribution in [0.1, 0.15) is 51.6 Å². The lowest BCUT2D eigenvalue weighted by Crippen LogP contribution is -2.22. The molecule has 166 valence electrons. The Kier molecular flexibility index (Phi) is 5.09. The lowest BCUT2D eigenvalue weighted by atomic mass is 10.1. The normalized spacial score (nSPS) is 15.6. The Morgan fingerprint density at radius 2 is 2.00 bits per heavy atom. The van der Waals surface area contributed by atoms with Crippen molar-refractivity contribution in [3.05, 3.63) is 70.6 Å². The standard InChI is InChI=1S/C24H24FN3O4/c1-31-17-6-5-15(22(8-17)32-2)10-27-11-16-7-19(25)18(24(29)30)9-20(16)28-13-26-23(14-3-4-14)21(28)12-27/h5-9,13-14H,3-4,10-12H2,1-2H3,(H,29,30). The lowest BCUT2D eigenvalue weighted by Gasteiger charge is -2.22. The number of ether oxygens (including phenoxy) is 2. The minimum absolute atomic E-state index is 0.332. The molecule has 7 nitrogen and oxygen atoms in total. The number of carboxylic acids is 1. The summed E-state index contributed by atoms with van der Waals surface area (Å²) in [6.07, 6.45) is 3.95. The second-order valence-corrected chi connectivity index (χ2v) is 8.31. The first kappa shape index (κ1) is 20.5. The van der Waals surface area contributed by atoms with Crippen molar-refractivity contribution in [2.45, 2.75) is 38.4 Å². The van der Waals surface area contributed by atoms with E-state index >= 15 is 0 Å². The van der Waals surface area contributed by atoms with E-state index in [1.807, 2.05) is 22.8 Å². The molecule has 1 saturated carbocycles. The number of aromatic nitrogens is 2. The maximum absolute atomic E-state index is 14.6. The highest BCUT2D eigenvalue weighted by atomic mass is 19.1. The predicted octanol–water partition coefficient (Wildman–Crippen LogP) is 4.12. The van der Waals surface area contributed by atoms with E-state index in [-0.39, 0.29) is 5.56 Å². The molecule has 0 unspecified atom stereocenters. The van der Waals surface area contributed by atoms with Crippen LogP contribution in [0.2, 0.25) is 0 Å². The van der Waals surface area contributed by atoms with Gasteiger partial charge in [-0.15, -0.1) is 0 Å². The first-order valence-corrected chi connectivity index (χ1v) is 10.5. The lowest BCUT2D eigenvalue weighted by molar-refractivity contribution is 0.0692. The van der Waals surface area contributed by atoms with E-state index in [9.17, 15) is 14.3 Å². The molecule has 2 heterocycles. The molecule has 32 heavy (non-hydrogen) atoms. The topological polar surface area (TPSA) is 76.8 Å². The molecule has 2 aromatic carbocycles.